The van der Waals surface area contributed by atoms with Gasteiger partial charge in [0.25, 0.3) is 5.91 Å². The van der Waals surface area contributed by atoms with Crippen LogP contribution in [0.5, 0.6) is 0 Å². The number of piperazine rings is 1. The van der Waals surface area contributed by atoms with Crippen LogP contribution in [0.15, 0.2) is 72.8 Å². The smallest absolute Gasteiger partial charge is 0.339 e. The van der Waals surface area contributed by atoms with Gasteiger partial charge in [-0.3, -0.25) is 14.5 Å². The van der Waals surface area contributed by atoms with Crippen LogP contribution in [-0.2, 0) is 14.3 Å². The number of para-hydroxylation sites is 1. The molecule has 7 heteroatoms. The van der Waals surface area contributed by atoms with Crippen LogP contribution in [0.4, 0.5) is 5.69 Å². The number of aryl methyl sites for hydroxylation is 2. The van der Waals surface area contributed by atoms with Crippen molar-refractivity contribution in [1.82, 2.24) is 9.80 Å². The van der Waals surface area contributed by atoms with Gasteiger partial charge in [-0.2, -0.15) is 0 Å². The van der Waals surface area contributed by atoms with E-state index >= 15 is 0 Å². The maximum Gasteiger partial charge on any atom is 0.339 e. The third-order valence-corrected chi connectivity index (χ3v) is 6.40. The van der Waals surface area contributed by atoms with Crippen LogP contribution in [0.2, 0.25) is 0 Å². The first kappa shape index (κ1) is 25.1. The van der Waals surface area contributed by atoms with Gasteiger partial charge in [0.2, 0.25) is 5.91 Å². The minimum Gasteiger partial charge on any atom is -0.452 e. The van der Waals surface area contributed by atoms with Crippen molar-refractivity contribution in [3.8, 4) is 11.1 Å². The molecule has 0 aliphatic carbocycles. The summed E-state index contributed by atoms with van der Waals surface area (Å²) >= 11 is 0. The number of amides is 2. The molecule has 1 heterocycles. The van der Waals surface area contributed by atoms with E-state index in [2.05, 4.69) is 5.32 Å². The topological polar surface area (TPSA) is 79.0 Å². The molecule has 3 aromatic carbocycles. The molecule has 7 nitrogen and oxygen atoms in total. The molecule has 1 aliphatic heterocycles. The highest BCUT2D eigenvalue weighted by Gasteiger charge is 2.24. The standard InChI is InChI=1S/C29H31N3O4/c1-21-9-8-10-22(2)28(21)30-26(33)19-31-15-17-32(18-16-31)27(34)20-36-29(35)25-14-7-6-13-24(25)23-11-4-3-5-12-23/h3-14H,15-20H2,1-2H3,(H,30,33). The maximum absolute atomic E-state index is 12.8. The Morgan fingerprint density at radius 1 is 0.806 bits per heavy atom. The second-order valence-corrected chi connectivity index (χ2v) is 8.96. The summed E-state index contributed by atoms with van der Waals surface area (Å²) in [4.78, 5) is 41.7. The molecule has 0 saturated carbocycles. The number of rotatable bonds is 7. The maximum atomic E-state index is 12.8. The molecule has 1 N–H and O–H groups in total. The molecule has 1 aliphatic rings. The molecular formula is C29H31N3O4. The van der Waals surface area contributed by atoms with Crippen LogP contribution in [0.3, 0.4) is 0 Å². The lowest BCUT2D eigenvalue weighted by atomic mass is 10.00. The normalized spacial score (nSPS) is 13.8. The van der Waals surface area contributed by atoms with Crippen molar-refractivity contribution in [3.05, 3.63) is 89.5 Å². The van der Waals surface area contributed by atoms with E-state index in [0.29, 0.717) is 31.7 Å². The van der Waals surface area contributed by atoms with E-state index in [4.69, 9.17) is 4.74 Å². The Morgan fingerprint density at radius 2 is 1.44 bits per heavy atom. The minimum atomic E-state index is -0.524. The van der Waals surface area contributed by atoms with Crippen molar-refractivity contribution in [3.63, 3.8) is 0 Å². The van der Waals surface area contributed by atoms with Crippen molar-refractivity contribution in [2.75, 3.05) is 44.6 Å². The number of carbonyl (C=O) groups is 3. The van der Waals surface area contributed by atoms with Gasteiger partial charge in [-0.05, 0) is 42.2 Å². The predicted octanol–water partition coefficient (Wildman–Crippen LogP) is 3.91. The Kier molecular flexibility index (Phi) is 8.13. The molecule has 3 aromatic rings. The van der Waals surface area contributed by atoms with Crippen molar-refractivity contribution < 1.29 is 19.1 Å². The second kappa shape index (κ2) is 11.6. The molecule has 0 aromatic heterocycles. The molecule has 0 bridgehead atoms. The van der Waals surface area contributed by atoms with Gasteiger partial charge in [-0.1, -0.05) is 66.7 Å². The number of hydrogen-bond donors (Lipinski definition) is 1. The van der Waals surface area contributed by atoms with Crippen LogP contribution in [-0.4, -0.2) is 66.9 Å². The first-order valence-electron chi connectivity index (χ1n) is 12.1. The van der Waals surface area contributed by atoms with Gasteiger partial charge in [-0.15, -0.1) is 0 Å². The highest BCUT2D eigenvalue weighted by molar-refractivity contribution is 5.98. The molecule has 36 heavy (non-hydrogen) atoms. The number of nitrogens with zero attached hydrogens (tertiary/aromatic N) is 2. The summed E-state index contributed by atoms with van der Waals surface area (Å²) < 4.78 is 5.38. The average molecular weight is 486 g/mol. The highest BCUT2D eigenvalue weighted by atomic mass is 16.5. The molecule has 186 valence electrons. The monoisotopic (exact) mass is 485 g/mol. The van der Waals surface area contributed by atoms with Crippen molar-refractivity contribution in [2.45, 2.75) is 13.8 Å². The fraction of sp³-hybridized carbons (Fsp3) is 0.276. The zero-order valence-corrected chi connectivity index (χ0v) is 20.7. The van der Waals surface area contributed by atoms with Crippen molar-refractivity contribution >= 4 is 23.5 Å². The Morgan fingerprint density at radius 3 is 2.14 bits per heavy atom. The largest absolute Gasteiger partial charge is 0.452 e. The highest BCUT2D eigenvalue weighted by Crippen LogP contribution is 2.24. The Hall–Kier alpha value is -3.97. The van der Waals surface area contributed by atoms with Crippen molar-refractivity contribution in [2.24, 2.45) is 0 Å². The molecule has 1 fully saturated rings. The number of esters is 1. The van der Waals surface area contributed by atoms with Gasteiger partial charge in [-0.25, -0.2) is 4.79 Å². The molecule has 0 atom stereocenters. The Balaban J connectivity index is 1.25. The zero-order chi connectivity index (χ0) is 25.5. The van der Waals surface area contributed by atoms with E-state index in [1.165, 1.54) is 0 Å². The average Bonchev–Trinajstić information content (AvgIpc) is 2.90. The molecule has 0 unspecified atom stereocenters. The summed E-state index contributed by atoms with van der Waals surface area (Å²) in [7, 11) is 0. The molecular weight excluding hydrogens is 454 g/mol. The Labute approximate surface area is 211 Å². The lowest BCUT2D eigenvalue weighted by Gasteiger charge is -2.34. The first-order valence-corrected chi connectivity index (χ1v) is 12.1. The lowest BCUT2D eigenvalue weighted by Crippen LogP contribution is -2.51. The number of ether oxygens (including phenoxy) is 1. The van der Waals surface area contributed by atoms with E-state index < -0.39 is 5.97 Å². The molecule has 0 radical (unpaired) electrons. The fourth-order valence-electron chi connectivity index (χ4n) is 4.38. The van der Waals surface area contributed by atoms with E-state index in [0.717, 1.165) is 27.9 Å². The minimum absolute atomic E-state index is 0.0711. The van der Waals surface area contributed by atoms with Crippen molar-refractivity contribution in [1.29, 1.82) is 0 Å². The van der Waals surface area contributed by atoms with Crippen LogP contribution in [0.1, 0.15) is 21.5 Å². The molecule has 2 amide bonds. The lowest BCUT2D eigenvalue weighted by molar-refractivity contribution is -0.136. The Bertz CT molecular complexity index is 1210. The first-order chi connectivity index (χ1) is 17.4. The van der Waals surface area contributed by atoms with Gasteiger partial charge in [0.05, 0.1) is 12.1 Å². The summed E-state index contributed by atoms with van der Waals surface area (Å²) in [5, 5.41) is 3.01. The number of carbonyl (C=O) groups excluding carboxylic acids is 3. The van der Waals surface area contributed by atoms with Crippen LogP contribution < -0.4 is 5.32 Å². The molecule has 0 spiro atoms. The summed E-state index contributed by atoms with van der Waals surface area (Å²) in [5.41, 5.74) is 5.01. The number of benzene rings is 3. The van der Waals surface area contributed by atoms with E-state index in [1.807, 2.05) is 79.4 Å². The van der Waals surface area contributed by atoms with Gasteiger partial charge in [0.15, 0.2) is 6.61 Å². The number of anilines is 1. The van der Waals surface area contributed by atoms with E-state index in [9.17, 15) is 14.4 Å². The van der Waals surface area contributed by atoms with E-state index in [1.54, 1.807) is 17.0 Å². The van der Waals surface area contributed by atoms with Gasteiger partial charge in [0, 0.05) is 31.9 Å². The summed E-state index contributed by atoms with van der Waals surface area (Å²) in [6.07, 6.45) is 0. The van der Waals surface area contributed by atoms with Crippen LogP contribution >= 0.6 is 0 Å². The number of hydrogen-bond acceptors (Lipinski definition) is 5. The number of nitrogens with one attached hydrogen (secondary N) is 1. The van der Waals surface area contributed by atoms with E-state index in [-0.39, 0.29) is 25.0 Å². The molecule has 4 rings (SSSR count). The zero-order valence-electron chi connectivity index (χ0n) is 20.7. The summed E-state index contributed by atoms with van der Waals surface area (Å²) in [5.74, 6) is -0.831. The third kappa shape index (κ3) is 6.17. The summed E-state index contributed by atoms with van der Waals surface area (Å²) in [6.45, 7) is 6.02. The molecule has 1 saturated heterocycles. The van der Waals surface area contributed by atoms with Gasteiger partial charge in [0.1, 0.15) is 0 Å². The predicted molar refractivity (Wildman–Crippen MR) is 140 cm³/mol. The third-order valence-electron chi connectivity index (χ3n) is 6.40. The quantitative estimate of drug-likeness (QED) is 0.514. The second-order valence-electron chi connectivity index (χ2n) is 8.96. The van der Waals surface area contributed by atoms with Gasteiger partial charge >= 0.3 is 5.97 Å². The SMILES string of the molecule is Cc1cccc(C)c1NC(=O)CN1CCN(C(=O)COC(=O)c2ccccc2-c2ccccc2)CC1. The van der Waals surface area contributed by atoms with Gasteiger partial charge < -0.3 is 15.0 Å². The van der Waals surface area contributed by atoms with Crippen LogP contribution in [0.25, 0.3) is 11.1 Å². The fourth-order valence-corrected chi connectivity index (χ4v) is 4.38. The summed E-state index contributed by atoms with van der Waals surface area (Å²) in [6, 6.07) is 22.7. The van der Waals surface area contributed by atoms with Crippen LogP contribution in [0, 0.1) is 13.8 Å².